The van der Waals surface area contributed by atoms with Crippen molar-refractivity contribution in [3.05, 3.63) is 93.2 Å². The van der Waals surface area contributed by atoms with Crippen LogP contribution in [0.5, 0.6) is 0 Å². The minimum Gasteiger partial charge on any atom is -0.444 e. The summed E-state index contributed by atoms with van der Waals surface area (Å²) in [4.78, 5) is 44.1. The van der Waals surface area contributed by atoms with Crippen LogP contribution in [0.2, 0.25) is 10.0 Å². The van der Waals surface area contributed by atoms with Crippen LogP contribution in [0.1, 0.15) is 68.7 Å². The van der Waals surface area contributed by atoms with Gasteiger partial charge in [0.05, 0.1) is 10.0 Å². The fourth-order valence-electron chi connectivity index (χ4n) is 5.24. The SMILES string of the molecule is Cc1cc(-c2cc(NC(=O)C3CC3)ncc2Cl)ccc1CN.Cc1cc(-c2cc(NC(=O)C3CC3)ncc2Cl)ccc1CNC(=O)OC(C)(C)C.Cl. The van der Waals surface area contributed by atoms with Crippen LogP contribution in [0.15, 0.2) is 60.9 Å². The standard InChI is InChI=1S/C22H26ClN3O3.C17H18ClN3O.ClH/c1-13-9-15(7-8-16(13)11-25-21(28)29-22(2,3)4)17-10-19(24-12-18(17)23)26-20(27)14-5-6-14;1-10-6-12(4-5-13(10)8-19)14-7-16(20-9-15(14)18)21-17(22)11-2-3-11;/h7-10,12,14H,5-6,11H2,1-4H3,(H,25,28)(H,24,26,27);4-7,9,11H,2-3,8,19H2,1H3,(H,20,21,22);1H. The third-order valence-corrected chi connectivity index (χ3v) is 9.06. The van der Waals surface area contributed by atoms with Crippen molar-refractivity contribution in [2.75, 3.05) is 10.6 Å². The highest BCUT2D eigenvalue weighted by Crippen LogP contribution is 2.34. The number of nitrogens with zero attached hydrogens (tertiary/aromatic N) is 2. The zero-order chi connectivity index (χ0) is 36.9. The van der Waals surface area contributed by atoms with Crippen molar-refractivity contribution in [2.24, 2.45) is 17.6 Å². The van der Waals surface area contributed by atoms with Crippen molar-refractivity contribution in [2.45, 2.75) is 79.0 Å². The molecule has 2 saturated carbocycles. The Morgan fingerprint density at radius 2 is 1.21 bits per heavy atom. The number of aromatic nitrogens is 2. The van der Waals surface area contributed by atoms with Crippen molar-refractivity contribution >= 4 is 65.2 Å². The number of ether oxygens (including phenoxy) is 1. The number of nitrogens with one attached hydrogen (secondary N) is 3. The lowest BCUT2D eigenvalue weighted by Crippen LogP contribution is -2.32. The van der Waals surface area contributed by atoms with Crippen molar-refractivity contribution in [3.8, 4) is 22.3 Å². The Balaban J connectivity index is 0.000000236. The molecule has 2 aromatic heterocycles. The highest BCUT2D eigenvalue weighted by Gasteiger charge is 2.30. The van der Waals surface area contributed by atoms with Gasteiger partial charge >= 0.3 is 6.09 Å². The van der Waals surface area contributed by atoms with Crippen LogP contribution in [-0.4, -0.2) is 33.5 Å². The molecule has 0 aliphatic heterocycles. The molecule has 0 unspecified atom stereocenters. The second-order valence-electron chi connectivity index (χ2n) is 14.0. The lowest BCUT2D eigenvalue weighted by Gasteiger charge is -2.20. The Hall–Kier alpha value is -4.22. The lowest BCUT2D eigenvalue weighted by atomic mass is 10.0. The van der Waals surface area contributed by atoms with Gasteiger partial charge in [0.2, 0.25) is 11.8 Å². The fraction of sp³-hybridized carbons (Fsp3) is 0.359. The molecule has 10 nitrogen and oxygen atoms in total. The van der Waals surface area contributed by atoms with Gasteiger partial charge in [-0.1, -0.05) is 59.6 Å². The molecule has 0 bridgehead atoms. The number of carbonyl (C=O) groups excluding carboxylic acids is 3. The van der Waals surface area contributed by atoms with Crippen LogP contribution in [0.25, 0.3) is 22.3 Å². The molecule has 52 heavy (non-hydrogen) atoms. The van der Waals surface area contributed by atoms with Crippen molar-refractivity contribution in [1.29, 1.82) is 0 Å². The molecule has 0 radical (unpaired) electrons. The number of halogens is 3. The van der Waals surface area contributed by atoms with Gasteiger partial charge in [-0.15, -0.1) is 12.4 Å². The summed E-state index contributed by atoms with van der Waals surface area (Å²) in [5.74, 6) is 1.33. The maximum atomic E-state index is 12.0. The molecule has 0 saturated heterocycles. The van der Waals surface area contributed by atoms with E-state index in [1.54, 1.807) is 18.5 Å². The molecule has 2 fully saturated rings. The Morgan fingerprint density at radius 1 is 0.769 bits per heavy atom. The number of carbonyl (C=O) groups is 3. The fourth-order valence-corrected chi connectivity index (χ4v) is 5.66. The number of rotatable bonds is 9. The van der Waals surface area contributed by atoms with Gasteiger partial charge in [0.1, 0.15) is 17.2 Å². The van der Waals surface area contributed by atoms with E-state index in [0.717, 1.165) is 70.2 Å². The van der Waals surface area contributed by atoms with E-state index in [4.69, 9.17) is 33.7 Å². The molecule has 0 spiro atoms. The summed E-state index contributed by atoms with van der Waals surface area (Å²) in [6, 6.07) is 15.5. The molecule has 4 aromatic rings. The molecule has 0 atom stereocenters. The second-order valence-corrected chi connectivity index (χ2v) is 14.8. The zero-order valence-corrected chi connectivity index (χ0v) is 32.3. The number of hydrogen-bond donors (Lipinski definition) is 4. The summed E-state index contributed by atoms with van der Waals surface area (Å²) < 4.78 is 5.27. The highest BCUT2D eigenvalue weighted by molar-refractivity contribution is 6.33. The first-order valence-corrected chi connectivity index (χ1v) is 17.8. The van der Waals surface area contributed by atoms with E-state index in [1.807, 2.05) is 71.0 Å². The van der Waals surface area contributed by atoms with E-state index in [2.05, 4.69) is 32.0 Å². The van der Waals surface area contributed by atoms with Crippen LogP contribution in [0.4, 0.5) is 16.4 Å². The third-order valence-electron chi connectivity index (χ3n) is 8.46. The Kier molecular flexibility index (Phi) is 13.7. The van der Waals surface area contributed by atoms with Gasteiger partial charge in [0.25, 0.3) is 0 Å². The number of hydrogen-bond acceptors (Lipinski definition) is 7. The monoisotopic (exact) mass is 766 g/mol. The molecular weight excluding hydrogens is 723 g/mol. The largest absolute Gasteiger partial charge is 0.444 e. The highest BCUT2D eigenvalue weighted by atomic mass is 35.5. The number of pyridine rings is 2. The van der Waals surface area contributed by atoms with Gasteiger partial charge in [-0.05, 0) is 106 Å². The average Bonchev–Trinajstić information content (AvgIpc) is 3.99. The number of benzene rings is 2. The summed E-state index contributed by atoms with van der Waals surface area (Å²) >= 11 is 12.6. The predicted octanol–water partition coefficient (Wildman–Crippen LogP) is 9.02. The topological polar surface area (TPSA) is 148 Å². The van der Waals surface area contributed by atoms with E-state index in [-0.39, 0.29) is 36.1 Å². The molecule has 276 valence electrons. The Bertz CT molecular complexity index is 1940. The average molecular weight is 768 g/mol. The molecule has 2 aliphatic rings. The number of anilines is 2. The van der Waals surface area contributed by atoms with E-state index < -0.39 is 11.7 Å². The van der Waals surface area contributed by atoms with E-state index in [0.29, 0.717) is 34.8 Å². The number of nitrogens with two attached hydrogens (primary N) is 1. The van der Waals surface area contributed by atoms with Crippen LogP contribution in [0, 0.1) is 25.7 Å². The number of aryl methyl sites for hydroxylation is 2. The first-order chi connectivity index (χ1) is 24.2. The summed E-state index contributed by atoms with van der Waals surface area (Å²) in [6.45, 7) is 10.4. The summed E-state index contributed by atoms with van der Waals surface area (Å²) in [7, 11) is 0. The van der Waals surface area contributed by atoms with Crippen LogP contribution < -0.4 is 21.7 Å². The minimum atomic E-state index is -0.534. The van der Waals surface area contributed by atoms with Crippen molar-refractivity contribution in [1.82, 2.24) is 15.3 Å². The molecule has 3 amide bonds. The summed E-state index contributed by atoms with van der Waals surface area (Å²) in [5.41, 5.74) is 12.9. The molecule has 2 heterocycles. The first kappa shape index (κ1) is 40.5. The predicted molar refractivity (Wildman–Crippen MR) is 210 cm³/mol. The normalized spacial score (nSPS) is 13.5. The van der Waals surface area contributed by atoms with Gasteiger partial charge < -0.3 is 26.4 Å². The zero-order valence-electron chi connectivity index (χ0n) is 29.9. The first-order valence-electron chi connectivity index (χ1n) is 17.0. The molecule has 2 aliphatic carbocycles. The van der Waals surface area contributed by atoms with Crippen LogP contribution in [-0.2, 0) is 27.4 Å². The van der Waals surface area contributed by atoms with E-state index in [9.17, 15) is 14.4 Å². The van der Waals surface area contributed by atoms with Crippen LogP contribution >= 0.6 is 35.6 Å². The van der Waals surface area contributed by atoms with Gasteiger partial charge in [-0.2, -0.15) is 0 Å². The maximum absolute atomic E-state index is 12.0. The van der Waals surface area contributed by atoms with Gasteiger partial charge in [0, 0.05) is 48.4 Å². The molecular formula is C39H45Cl3N6O4. The molecule has 13 heteroatoms. The smallest absolute Gasteiger partial charge is 0.407 e. The number of alkyl carbamates (subject to hydrolysis) is 1. The Labute approximate surface area is 321 Å². The number of amides is 3. The van der Waals surface area contributed by atoms with Crippen molar-refractivity contribution < 1.29 is 19.1 Å². The summed E-state index contributed by atoms with van der Waals surface area (Å²) in [5, 5.41) is 9.53. The van der Waals surface area contributed by atoms with Gasteiger partial charge in [0.15, 0.2) is 0 Å². The second kappa shape index (κ2) is 17.5. The molecule has 5 N–H and O–H groups in total. The lowest BCUT2D eigenvalue weighted by molar-refractivity contribution is -0.118. The van der Waals surface area contributed by atoms with Crippen LogP contribution in [0.3, 0.4) is 0 Å². The minimum absolute atomic E-state index is 0. The van der Waals surface area contributed by atoms with E-state index in [1.165, 1.54) is 0 Å². The van der Waals surface area contributed by atoms with Crippen molar-refractivity contribution in [3.63, 3.8) is 0 Å². The molecule has 6 rings (SSSR count). The molecule has 2 aromatic carbocycles. The van der Waals surface area contributed by atoms with Gasteiger partial charge in [-0.25, -0.2) is 14.8 Å². The third kappa shape index (κ3) is 11.4. The summed E-state index contributed by atoms with van der Waals surface area (Å²) in [6.07, 6.45) is 6.47. The quantitative estimate of drug-likeness (QED) is 0.133. The maximum Gasteiger partial charge on any atom is 0.407 e. The van der Waals surface area contributed by atoms with E-state index >= 15 is 0 Å². The van der Waals surface area contributed by atoms with Gasteiger partial charge in [-0.3, -0.25) is 9.59 Å². The Morgan fingerprint density at radius 3 is 1.60 bits per heavy atom.